The van der Waals surface area contributed by atoms with Crippen LogP contribution in [0, 0.1) is 0 Å². The first-order chi connectivity index (χ1) is 18.7. The highest BCUT2D eigenvalue weighted by Crippen LogP contribution is 2.39. The highest BCUT2D eigenvalue weighted by molar-refractivity contribution is 5.77. The van der Waals surface area contributed by atoms with Crippen molar-refractivity contribution in [2.75, 3.05) is 40.3 Å². The van der Waals surface area contributed by atoms with Gasteiger partial charge in [-0.1, -0.05) is 25.1 Å². The molecule has 0 spiro atoms. The second-order valence-corrected chi connectivity index (χ2v) is 12.1. The molecule has 1 unspecified atom stereocenters. The van der Waals surface area contributed by atoms with E-state index < -0.39 is 0 Å². The van der Waals surface area contributed by atoms with Gasteiger partial charge in [0.05, 0.1) is 17.1 Å². The first kappa shape index (κ1) is 28.1. The zero-order valence-electron chi connectivity index (χ0n) is 24.8. The number of phenolic OH excluding ortho intramolecular Hbond substituents is 1. The van der Waals surface area contributed by atoms with E-state index in [2.05, 4.69) is 90.6 Å². The number of aryl methyl sites for hydroxylation is 1. The Bertz CT molecular complexity index is 1250. The van der Waals surface area contributed by atoms with E-state index in [4.69, 9.17) is 4.98 Å². The quantitative estimate of drug-likeness (QED) is 0.428. The van der Waals surface area contributed by atoms with Crippen LogP contribution in [0.15, 0.2) is 42.5 Å². The lowest BCUT2D eigenvalue weighted by atomic mass is 9.79. The van der Waals surface area contributed by atoms with Crippen LogP contribution in [0.2, 0.25) is 0 Å². The van der Waals surface area contributed by atoms with E-state index >= 15 is 0 Å². The van der Waals surface area contributed by atoms with Crippen molar-refractivity contribution in [3.05, 3.63) is 59.4 Å². The van der Waals surface area contributed by atoms with Crippen LogP contribution in [0.4, 0.5) is 0 Å². The van der Waals surface area contributed by atoms with E-state index in [1.54, 1.807) is 6.07 Å². The molecule has 3 atom stereocenters. The average Bonchev–Trinajstić information content (AvgIpc) is 3.26. The monoisotopic (exact) mass is 532 g/mol. The number of phenols is 1. The van der Waals surface area contributed by atoms with Crippen molar-refractivity contribution < 1.29 is 5.11 Å². The number of hydrogen-bond donors (Lipinski definition) is 2. The first-order valence-electron chi connectivity index (χ1n) is 14.9. The molecule has 1 aromatic heterocycles. The lowest BCUT2D eigenvalue weighted by Gasteiger charge is -2.46. The summed E-state index contributed by atoms with van der Waals surface area (Å²) < 4.78 is 2.44. The maximum Gasteiger partial charge on any atom is 0.127 e. The number of piperidine rings is 1. The number of likely N-dealkylation sites (tertiary alicyclic amines) is 1. The first-order valence-corrected chi connectivity index (χ1v) is 14.9. The number of hydrogen-bond acceptors (Lipinski definition) is 6. The molecule has 7 nitrogen and oxygen atoms in total. The molecule has 3 aromatic rings. The molecule has 0 bridgehead atoms. The maximum absolute atomic E-state index is 10.1. The summed E-state index contributed by atoms with van der Waals surface area (Å²) >= 11 is 0. The third-order valence-corrected chi connectivity index (χ3v) is 9.20. The van der Waals surface area contributed by atoms with Crippen molar-refractivity contribution in [1.82, 2.24) is 29.6 Å². The lowest BCUT2D eigenvalue weighted by Crippen LogP contribution is -2.55. The van der Waals surface area contributed by atoms with Crippen LogP contribution in [0.5, 0.6) is 5.75 Å². The van der Waals surface area contributed by atoms with E-state index in [1.165, 1.54) is 22.5 Å². The predicted octanol–water partition coefficient (Wildman–Crippen LogP) is 4.95. The molecular formula is C32H48N6O. The number of imidazole rings is 1. The van der Waals surface area contributed by atoms with E-state index in [9.17, 15) is 5.11 Å². The second-order valence-electron chi connectivity index (χ2n) is 12.1. The minimum absolute atomic E-state index is 0.0396. The van der Waals surface area contributed by atoms with E-state index in [-0.39, 0.29) is 5.54 Å². The summed E-state index contributed by atoms with van der Waals surface area (Å²) in [4.78, 5) is 12.8. The van der Waals surface area contributed by atoms with Gasteiger partial charge in [-0.05, 0) is 89.5 Å². The lowest BCUT2D eigenvalue weighted by molar-refractivity contribution is 0.0506. The third kappa shape index (κ3) is 5.60. The summed E-state index contributed by atoms with van der Waals surface area (Å²) in [5, 5.41) is 13.8. The fourth-order valence-electron chi connectivity index (χ4n) is 7.24. The number of nitrogens with zero attached hydrogens (tertiary/aromatic N) is 5. The van der Waals surface area contributed by atoms with Crippen LogP contribution in [0.3, 0.4) is 0 Å². The molecule has 0 saturated carbocycles. The maximum atomic E-state index is 10.1. The van der Waals surface area contributed by atoms with Crippen LogP contribution in [0.25, 0.3) is 11.0 Å². The Kier molecular flexibility index (Phi) is 8.34. The molecule has 2 saturated heterocycles. The number of aromatic hydroxyl groups is 1. The molecule has 2 aliphatic heterocycles. The van der Waals surface area contributed by atoms with Crippen LogP contribution in [-0.2, 0) is 18.6 Å². The van der Waals surface area contributed by atoms with Gasteiger partial charge < -0.3 is 15.0 Å². The molecule has 2 aliphatic rings. The van der Waals surface area contributed by atoms with Gasteiger partial charge in [0.1, 0.15) is 11.6 Å². The minimum atomic E-state index is -0.0396. The van der Waals surface area contributed by atoms with E-state index in [1.807, 2.05) is 12.1 Å². The van der Waals surface area contributed by atoms with Crippen LogP contribution >= 0.6 is 0 Å². The summed E-state index contributed by atoms with van der Waals surface area (Å²) in [6.45, 7) is 15.2. The highest BCUT2D eigenvalue weighted by atomic mass is 16.3. The molecular weight excluding hydrogens is 484 g/mol. The van der Waals surface area contributed by atoms with Crippen LogP contribution in [-0.4, -0.2) is 81.7 Å². The molecule has 2 N–H and O–H groups in total. The molecule has 3 heterocycles. The van der Waals surface area contributed by atoms with Crippen LogP contribution < -0.4 is 5.32 Å². The Morgan fingerprint density at radius 2 is 1.77 bits per heavy atom. The van der Waals surface area contributed by atoms with Crippen molar-refractivity contribution in [2.24, 2.45) is 0 Å². The van der Waals surface area contributed by atoms with Gasteiger partial charge in [-0.2, -0.15) is 0 Å². The number of aromatic nitrogens is 2. The van der Waals surface area contributed by atoms with Gasteiger partial charge in [-0.15, -0.1) is 0 Å². The number of benzene rings is 2. The van der Waals surface area contributed by atoms with Gasteiger partial charge in [-0.3, -0.25) is 14.7 Å². The summed E-state index contributed by atoms with van der Waals surface area (Å²) in [5.41, 5.74) is 4.88. The number of nitrogens with one attached hydrogen (secondary N) is 1. The third-order valence-electron chi connectivity index (χ3n) is 9.20. The fourth-order valence-corrected chi connectivity index (χ4v) is 7.24. The summed E-state index contributed by atoms with van der Waals surface area (Å²) in [5.74, 6) is 1.56. The number of piperazine rings is 1. The minimum Gasteiger partial charge on any atom is -0.508 e. The largest absolute Gasteiger partial charge is 0.508 e. The summed E-state index contributed by atoms with van der Waals surface area (Å²) in [7, 11) is 4.33. The topological polar surface area (TPSA) is 59.8 Å². The Hall–Kier alpha value is -2.45. The Morgan fingerprint density at radius 3 is 2.38 bits per heavy atom. The van der Waals surface area contributed by atoms with Gasteiger partial charge in [0.15, 0.2) is 0 Å². The van der Waals surface area contributed by atoms with Gasteiger partial charge >= 0.3 is 0 Å². The Balaban J connectivity index is 1.34. The Morgan fingerprint density at radius 1 is 1.05 bits per heavy atom. The molecule has 0 radical (unpaired) electrons. The number of rotatable bonds is 8. The smallest absolute Gasteiger partial charge is 0.127 e. The summed E-state index contributed by atoms with van der Waals surface area (Å²) in [6.07, 6.45) is 3.15. The molecule has 7 heteroatoms. The standard InChI is InChI=1S/C32H48N6O/c1-7-29(37-20-23(3)33-24(4)21-37)31-34-28-18-25(12-13-30(28)38(31)8-2)22-36-16-14-32(15-17-36,35(5)6)26-10-9-11-27(39)19-26/h9-13,18-19,23-24,29,33,39H,7-8,14-17,20-22H2,1-6H3/t23-,24+,29?. The molecule has 39 heavy (non-hydrogen) atoms. The molecule has 0 amide bonds. The normalized spacial score (nSPS) is 23.5. The van der Waals surface area contributed by atoms with Crippen molar-refractivity contribution in [3.8, 4) is 5.75 Å². The zero-order chi connectivity index (χ0) is 27.7. The molecule has 5 rings (SSSR count). The van der Waals surface area contributed by atoms with E-state index in [0.29, 0.717) is 23.9 Å². The van der Waals surface area contributed by atoms with Gasteiger partial charge in [-0.25, -0.2) is 4.98 Å². The van der Waals surface area contributed by atoms with Gasteiger partial charge in [0.25, 0.3) is 0 Å². The zero-order valence-corrected chi connectivity index (χ0v) is 24.8. The average molecular weight is 533 g/mol. The predicted molar refractivity (Wildman–Crippen MR) is 160 cm³/mol. The van der Waals surface area contributed by atoms with Crippen molar-refractivity contribution in [1.29, 1.82) is 0 Å². The van der Waals surface area contributed by atoms with Crippen molar-refractivity contribution in [3.63, 3.8) is 0 Å². The van der Waals surface area contributed by atoms with Crippen molar-refractivity contribution >= 4 is 11.0 Å². The van der Waals surface area contributed by atoms with Gasteiger partial charge in [0, 0.05) is 56.9 Å². The van der Waals surface area contributed by atoms with E-state index in [0.717, 1.165) is 64.0 Å². The van der Waals surface area contributed by atoms with Gasteiger partial charge in [0.2, 0.25) is 0 Å². The fraction of sp³-hybridized carbons (Fsp3) is 0.594. The Labute approximate surface area is 234 Å². The molecule has 0 aliphatic carbocycles. The highest BCUT2D eigenvalue weighted by Gasteiger charge is 2.38. The molecule has 2 aromatic carbocycles. The van der Waals surface area contributed by atoms with Crippen molar-refractivity contribution in [2.45, 2.75) is 83.7 Å². The second kappa shape index (κ2) is 11.6. The summed E-state index contributed by atoms with van der Waals surface area (Å²) in [6, 6.07) is 16.1. The molecule has 212 valence electrons. The van der Waals surface area contributed by atoms with Crippen LogP contribution in [0.1, 0.15) is 70.0 Å². The molecule has 2 fully saturated rings. The SMILES string of the molecule is CCC(c1nc2cc(CN3CCC(c4cccc(O)c4)(N(C)C)CC3)ccc2n1CC)N1C[C@@H](C)N[C@@H](C)C1. The number of fused-ring (bicyclic) bond motifs is 1.